The van der Waals surface area contributed by atoms with Crippen molar-refractivity contribution in [2.24, 2.45) is 0 Å². The van der Waals surface area contributed by atoms with E-state index < -0.39 is 0 Å². The Balaban J connectivity index is 1.39. The quantitative estimate of drug-likeness (QED) is 0.622. The van der Waals surface area contributed by atoms with E-state index in [0.29, 0.717) is 5.15 Å². The van der Waals surface area contributed by atoms with Crippen molar-refractivity contribution in [2.45, 2.75) is 13.0 Å². The molecule has 0 aromatic carbocycles. The van der Waals surface area contributed by atoms with Crippen molar-refractivity contribution in [3.05, 3.63) is 51.4 Å². The molecular formula is C18H18ClN3OS2. The van der Waals surface area contributed by atoms with Crippen LogP contribution >= 0.6 is 34.3 Å². The van der Waals surface area contributed by atoms with Crippen LogP contribution in [-0.4, -0.2) is 46.9 Å². The van der Waals surface area contributed by atoms with Crippen molar-refractivity contribution in [2.75, 3.05) is 26.2 Å². The number of hydrogen-bond acceptors (Lipinski definition) is 5. The Bertz CT molecular complexity index is 845. The van der Waals surface area contributed by atoms with Gasteiger partial charge in [-0.2, -0.15) is 0 Å². The first-order valence-corrected chi connectivity index (χ1v) is 10.4. The van der Waals surface area contributed by atoms with Crippen LogP contribution in [0.4, 0.5) is 0 Å². The van der Waals surface area contributed by atoms with Gasteiger partial charge >= 0.3 is 0 Å². The van der Waals surface area contributed by atoms with E-state index in [1.165, 1.54) is 9.40 Å². The van der Waals surface area contributed by atoms with E-state index in [1.807, 2.05) is 29.3 Å². The minimum Gasteiger partial charge on any atom is -0.337 e. The summed E-state index contributed by atoms with van der Waals surface area (Å²) in [7, 11) is 0. The minimum atomic E-state index is 0.170. The molecule has 25 heavy (non-hydrogen) atoms. The smallest absolute Gasteiger partial charge is 0.264 e. The Kier molecular flexibility index (Phi) is 5.03. The Morgan fingerprint density at radius 3 is 2.88 bits per heavy atom. The summed E-state index contributed by atoms with van der Waals surface area (Å²) in [5.41, 5.74) is 1.16. The van der Waals surface area contributed by atoms with Gasteiger partial charge in [-0.25, -0.2) is 4.98 Å². The second kappa shape index (κ2) is 7.41. The maximum Gasteiger partial charge on any atom is 0.264 e. The number of halogens is 1. The van der Waals surface area contributed by atoms with Gasteiger partial charge in [0.05, 0.1) is 4.88 Å². The standard InChI is InChI=1S/C18H18ClN3OS2/c19-17-3-2-13(11-20-17)12-21-5-1-6-22(8-7-21)18(23)16-10-15-14(25-16)4-9-24-15/h2-4,9-11H,1,5-8,12H2. The summed E-state index contributed by atoms with van der Waals surface area (Å²) >= 11 is 9.14. The van der Waals surface area contributed by atoms with Crippen molar-refractivity contribution in [1.29, 1.82) is 0 Å². The fourth-order valence-corrected chi connectivity index (χ4v) is 5.31. The number of amides is 1. The van der Waals surface area contributed by atoms with Crippen LogP contribution in [0.1, 0.15) is 21.7 Å². The average molecular weight is 392 g/mol. The van der Waals surface area contributed by atoms with Crippen molar-refractivity contribution in [3.63, 3.8) is 0 Å². The van der Waals surface area contributed by atoms with Gasteiger partial charge in [0.25, 0.3) is 5.91 Å². The zero-order valence-corrected chi connectivity index (χ0v) is 16.0. The van der Waals surface area contributed by atoms with Crippen LogP contribution in [-0.2, 0) is 6.54 Å². The Labute approximate surface area is 159 Å². The topological polar surface area (TPSA) is 36.4 Å². The van der Waals surface area contributed by atoms with Gasteiger partial charge in [-0.1, -0.05) is 17.7 Å². The van der Waals surface area contributed by atoms with E-state index in [9.17, 15) is 4.79 Å². The van der Waals surface area contributed by atoms with Crippen LogP contribution in [0.2, 0.25) is 5.15 Å². The molecular weight excluding hydrogens is 374 g/mol. The number of fused-ring (bicyclic) bond motifs is 1. The Morgan fingerprint density at radius 1 is 1.16 bits per heavy atom. The summed E-state index contributed by atoms with van der Waals surface area (Å²) in [5, 5.41) is 2.59. The van der Waals surface area contributed by atoms with Gasteiger partial charge in [0, 0.05) is 48.3 Å². The number of rotatable bonds is 3. The summed E-state index contributed by atoms with van der Waals surface area (Å²) in [6, 6.07) is 7.97. The summed E-state index contributed by atoms with van der Waals surface area (Å²) in [4.78, 5) is 22.2. The molecule has 0 atom stereocenters. The van der Waals surface area contributed by atoms with Crippen LogP contribution in [0.5, 0.6) is 0 Å². The van der Waals surface area contributed by atoms with Crippen molar-refractivity contribution >= 4 is 49.6 Å². The largest absolute Gasteiger partial charge is 0.337 e. The predicted molar refractivity (Wildman–Crippen MR) is 105 cm³/mol. The van der Waals surface area contributed by atoms with Gasteiger partial charge in [-0.05, 0) is 35.6 Å². The number of aromatic nitrogens is 1. The molecule has 1 aliphatic rings. The molecule has 0 spiro atoms. The molecule has 0 saturated carbocycles. The lowest BCUT2D eigenvalue weighted by Gasteiger charge is -2.21. The van der Waals surface area contributed by atoms with Crippen LogP contribution in [0, 0.1) is 0 Å². The van der Waals surface area contributed by atoms with Gasteiger partial charge in [-0.15, -0.1) is 22.7 Å². The number of thiophene rings is 2. The molecule has 3 aromatic rings. The normalized spacial score (nSPS) is 16.3. The Hall–Kier alpha value is -1.47. The van der Waals surface area contributed by atoms with Crippen LogP contribution in [0.25, 0.3) is 9.40 Å². The first kappa shape index (κ1) is 17.0. The molecule has 0 N–H and O–H groups in total. The molecule has 1 fully saturated rings. The molecule has 4 heterocycles. The molecule has 4 rings (SSSR count). The maximum absolute atomic E-state index is 12.8. The third kappa shape index (κ3) is 3.87. The van der Waals surface area contributed by atoms with E-state index in [-0.39, 0.29) is 5.91 Å². The molecule has 7 heteroatoms. The highest BCUT2D eigenvalue weighted by Gasteiger charge is 2.22. The summed E-state index contributed by atoms with van der Waals surface area (Å²) in [5.74, 6) is 0.170. The highest BCUT2D eigenvalue weighted by molar-refractivity contribution is 7.27. The van der Waals surface area contributed by atoms with Crippen molar-refractivity contribution in [1.82, 2.24) is 14.8 Å². The lowest BCUT2D eigenvalue weighted by Crippen LogP contribution is -2.34. The van der Waals surface area contributed by atoms with Crippen molar-refractivity contribution in [3.8, 4) is 0 Å². The van der Waals surface area contributed by atoms with Crippen LogP contribution in [0.3, 0.4) is 0 Å². The van der Waals surface area contributed by atoms with Gasteiger partial charge in [0.2, 0.25) is 0 Å². The summed E-state index contributed by atoms with van der Waals surface area (Å²) in [6.07, 6.45) is 2.82. The second-order valence-corrected chi connectivity index (χ2v) is 8.59. The molecule has 130 valence electrons. The van der Waals surface area contributed by atoms with Gasteiger partial charge in [0.15, 0.2) is 0 Å². The van der Waals surface area contributed by atoms with E-state index in [1.54, 1.807) is 22.7 Å². The number of carbonyl (C=O) groups excluding carboxylic acids is 1. The highest BCUT2D eigenvalue weighted by Crippen LogP contribution is 2.30. The second-order valence-electron chi connectivity index (χ2n) is 6.17. The number of pyridine rings is 1. The predicted octanol–water partition coefficient (Wildman–Crippen LogP) is 4.36. The summed E-state index contributed by atoms with van der Waals surface area (Å²) < 4.78 is 2.42. The van der Waals surface area contributed by atoms with Gasteiger partial charge < -0.3 is 4.90 Å². The first-order chi connectivity index (χ1) is 12.2. The van der Waals surface area contributed by atoms with E-state index in [4.69, 9.17) is 11.6 Å². The van der Waals surface area contributed by atoms with Crippen molar-refractivity contribution < 1.29 is 4.79 Å². The number of hydrogen-bond donors (Lipinski definition) is 0. The van der Waals surface area contributed by atoms with E-state index in [2.05, 4.69) is 21.3 Å². The molecule has 4 nitrogen and oxygen atoms in total. The third-order valence-corrected chi connectivity index (χ3v) is 6.73. The van der Waals surface area contributed by atoms with E-state index >= 15 is 0 Å². The first-order valence-electron chi connectivity index (χ1n) is 8.28. The summed E-state index contributed by atoms with van der Waals surface area (Å²) in [6.45, 7) is 4.31. The Morgan fingerprint density at radius 2 is 2.08 bits per heavy atom. The molecule has 3 aromatic heterocycles. The van der Waals surface area contributed by atoms with Crippen LogP contribution < -0.4 is 0 Å². The zero-order chi connectivity index (χ0) is 17.2. The molecule has 1 aliphatic heterocycles. The minimum absolute atomic E-state index is 0.170. The molecule has 0 aliphatic carbocycles. The SMILES string of the molecule is O=C(c1cc2sccc2s1)N1CCCN(Cc2ccc(Cl)nc2)CC1. The van der Waals surface area contributed by atoms with Gasteiger partial charge in [-0.3, -0.25) is 9.69 Å². The number of nitrogens with zero attached hydrogens (tertiary/aromatic N) is 3. The molecule has 0 bridgehead atoms. The lowest BCUT2D eigenvalue weighted by atomic mass is 10.2. The highest BCUT2D eigenvalue weighted by atomic mass is 35.5. The molecule has 1 saturated heterocycles. The van der Waals surface area contributed by atoms with E-state index in [0.717, 1.165) is 49.6 Å². The fraction of sp³-hybridized carbons (Fsp3) is 0.333. The molecule has 0 radical (unpaired) electrons. The fourth-order valence-electron chi connectivity index (χ4n) is 3.12. The lowest BCUT2D eigenvalue weighted by molar-refractivity contribution is 0.0766. The zero-order valence-electron chi connectivity index (χ0n) is 13.7. The average Bonchev–Trinajstić information content (AvgIpc) is 3.13. The molecule has 0 unspecified atom stereocenters. The number of carbonyl (C=O) groups is 1. The maximum atomic E-state index is 12.8. The monoisotopic (exact) mass is 391 g/mol. The third-order valence-electron chi connectivity index (χ3n) is 4.42. The van der Waals surface area contributed by atoms with Crippen LogP contribution in [0.15, 0.2) is 35.8 Å². The molecule has 1 amide bonds. The van der Waals surface area contributed by atoms with Gasteiger partial charge in [0.1, 0.15) is 5.15 Å².